The van der Waals surface area contributed by atoms with Gasteiger partial charge in [0.15, 0.2) is 12.6 Å². The van der Waals surface area contributed by atoms with Crippen LogP contribution < -0.4 is 0 Å². The molecule has 0 aromatic rings. The fourth-order valence-corrected chi connectivity index (χ4v) is 5.06. The molecule has 0 aromatic carbocycles. The van der Waals surface area contributed by atoms with Crippen LogP contribution in [-0.2, 0) is 33.2 Å². The van der Waals surface area contributed by atoms with E-state index >= 15 is 0 Å². The van der Waals surface area contributed by atoms with E-state index in [9.17, 15) is 40.5 Å². The van der Waals surface area contributed by atoms with Crippen LogP contribution in [0.2, 0.25) is 0 Å². The predicted octanol–water partition coefficient (Wildman–Crippen LogP) is -3.38. The molecule has 2 fully saturated rings. The van der Waals surface area contributed by atoms with Crippen molar-refractivity contribution in [3.05, 3.63) is 23.5 Å². The summed E-state index contributed by atoms with van der Waals surface area (Å²) in [7, 11) is 1.23. The number of hydrogen-bond donors (Lipinski definition) is 7. The van der Waals surface area contributed by atoms with E-state index in [1.54, 1.807) is 6.08 Å². The van der Waals surface area contributed by atoms with Crippen molar-refractivity contribution >= 4 is 5.97 Å². The van der Waals surface area contributed by atoms with Crippen LogP contribution in [-0.4, -0.2) is 130 Å². The predicted molar refractivity (Wildman–Crippen MR) is 118 cm³/mol. The second-order valence-electron chi connectivity index (χ2n) is 9.54. The van der Waals surface area contributed by atoms with Crippen LogP contribution in [0.25, 0.3) is 0 Å². The summed E-state index contributed by atoms with van der Waals surface area (Å²) in [6, 6.07) is 0. The van der Waals surface area contributed by atoms with Gasteiger partial charge in [-0.1, -0.05) is 6.08 Å². The van der Waals surface area contributed by atoms with Gasteiger partial charge in [0.05, 0.1) is 44.2 Å². The van der Waals surface area contributed by atoms with E-state index in [0.29, 0.717) is 12.0 Å². The van der Waals surface area contributed by atoms with Crippen LogP contribution in [0.1, 0.15) is 13.3 Å². The Bertz CT molecular complexity index is 878. The Morgan fingerprint density at radius 1 is 0.946 bits per heavy atom. The molecule has 2 saturated heterocycles. The second kappa shape index (κ2) is 11.6. The molecule has 210 valence electrons. The molecule has 0 amide bonds. The Balaban J connectivity index is 1.45. The third kappa shape index (κ3) is 5.42. The number of fused-ring (bicyclic) bond motifs is 1. The van der Waals surface area contributed by atoms with Gasteiger partial charge in [-0.05, 0) is 18.9 Å². The van der Waals surface area contributed by atoms with Crippen LogP contribution >= 0.6 is 0 Å². The van der Waals surface area contributed by atoms with E-state index in [1.807, 2.05) is 0 Å². The van der Waals surface area contributed by atoms with Crippen molar-refractivity contribution in [3.63, 3.8) is 0 Å². The van der Waals surface area contributed by atoms with Gasteiger partial charge in [-0.25, -0.2) is 4.79 Å². The van der Waals surface area contributed by atoms with Gasteiger partial charge < -0.3 is 64.2 Å². The first-order valence-electron chi connectivity index (χ1n) is 12.0. The van der Waals surface area contributed by atoms with Gasteiger partial charge in [-0.2, -0.15) is 0 Å². The second-order valence-corrected chi connectivity index (χ2v) is 9.54. The van der Waals surface area contributed by atoms with Crippen molar-refractivity contribution in [1.82, 2.24) is 0 Å². The van der Waals surface area contributed by atoms with E-state index < -0.39 is 92.1 Å². The van der Waals surface area contributed by atoms with E-state index in [4.69, 9.17) is 28.4 Å². The number of rotatable bonds is 7. The lowest BCUT2D eigenvalue weighted by molar-refractivity contribution is -0.351. The SMILES string of the molecule is COC(=O)C1=CO[C@@H](O[C@@H]2O[C@H](CO[C@@H]3O[C@@H](C)[C@H](O)[C@@H](O)[C@H]3O)[C@@H](O)[C@H](O)[C@H]2O)[C@@H]2C(CO)=CC[C@H]12. The molecule has 0 bridgehead atoms. The van der Waals surface area contributed by atoms with Gasteiger partial charge in [0.2, 0.25) is 6.29 Å². The molecule has 0 unspecified atom stereocenters. The van der Waals surface area contributed by atoms with Crippen LogP contribution in [0, 0.1) is 11.8 Å². The Kier molecular flexibility index (Phi) is 8.87. The van der Waals surface area contributed by atoms with Crippen molar-refractivity contribution in [2.24, 2.45) is 11.8 Å². The number of allylic oxidation sites excluding steroid dienone is 1. The van der Waals surface area contributed by atoms with Crippen LogP contribution in [0.3, 0.4) is 0 Å². The summed E-state index contributed by atoms with van der Waals surface area (Å²) in [6.45, 7) is 0.697. The lowest BCUT2D eigenvalue weighted by atomic mass is 9.83. The number of hydrogen-bond acceptors (Lipinski definition) is 14. The van der Waals surface area contributed by atoms with Gasteiger partial charge in [0, 0.05) is 5.92 Å². The molecule has 0 spiro atoms. The van der Waals surface area contributed by atoms with Gasteiger partial charge >= 0.3 is 5.97 Å². The molecular formula is C23H34O14. The quantitative estimate of drug-likeness (QED) is 0.125. The summed E-state index contributed by atoms with van der Waals surface area (Å²) in [5, 5.41) is 71.1. The molecular weight excluding hydrogens is 500 g/mol. The maximum atomic E-state index is 12.2. The summed E-state index contributed by atoms with van der Waals surface area (Å²) >= 11 is 0. The minimum absolute atomic E-state index is 0.256. The van der Waals surface area contributed by atoms with Crippen LogP contribution in [0.15, 0.2) is 23.5 Å². The lowest BCUT2D eigenvalue weighted by Gasteiger charge is -2.44. The number of aliphatic hydroxyl groups is 7. The summed E-state index contributed by atoms with van der Waals surface area (Å²) < 4.78 is 32.7. The highest BCUT2D eigenvalue weighted by molar-refractivity contribution is 5.89. The molecule has 4 rings (SSSR count). The van der Waals surface area contributed by atoms with Crippen molar-refractivity contribution in [2.75, 3.05) is 20.3 Å². The smallest absolute Gasteiger partial charge is 0.337 e. The molecule has 1 aliphatic carbocycles. The van der Waals surface area contributed by atoms with Gasteiger partial charge in [0.25, 0.3) is 0 Å². The van der Waals surface area contributed by atoms with Crippen molar-refractivity contribution < 1.29 is 69.0 Å². The maximum absolute atomic E-state index is 12.2. The first-order chi connectivity index (χ1) is 17.6. The molecule has 3 heterocycles. The molecule has 13 atom stereocenters. The van der Waals surface area contributed by atoms with E-state index in [0.717, 1.165) is 0 Å². The minimum Gasteiger partial charge on any atom is -0.471 e. The number of esters is 1. The standard InChI is InChI=1S/C23H34O14/c1-8-14(25)16(27)18(29)22(35-8)34-7-12-15(26)17(28)19(30)23(36-12)37-21-13-9(5-24)3-4-10(13)11(6-33-21)20(31)32-2/h3,6,8,10,12-19,21-30H,4-5,7H2,1-2H3/t8-,10+,12+,13+,14-,15+,16+,17-,18+,19+,21-,22+,23-/m0/s1. The van der Waals surface area contributed by atoms with Crippen LogP contribution in [0.4, 0.5) is 0 Å². The number of ether oxygens (including phenoxy) is 6. The van der Waals surface area contributed by atoms with E-state index in [2.05, 4.69) is 0 Å². The van der Waals surface area contributed by atoms with E-state index in [-0.39, 0.29) is 12.2 Å². The molecule has 7 N–H and O–H groups in total. The topological polar surface area (TPSA) is 214 Å². The third-order valence-electron chi connectivity index (χ3n) is 7.29. The highest BCUT2D eigenvalue weighted by Gasteiger charge is 2.50. The van der Waals surface area contributed by atoms with Gasteiger partial charge in [0.1, 0.15) is 42.7 Å². The van der Waals surface area contributed by atoms with Gasteiger partial charge in [-0.15, -0.1) is 0 Å². The first-order valence-corrected chi connectivity index (χ1v) is 12.0. The molecule has 4 aliphatic rings. The fraction of sp³-hybridized carbons (Fsp3) is 0.783. The zero-order chi connectivity index (χ0) is 27.0. The lowest BCUT2D eigenvalue weighted by Crippen LogP contribution is -2.61. The Labute approximate surface area is 212 Å². The summed E-state index contributed by atoms with van der Waals surface area (Å²) in [6.07, 6.45) is -12.3. The Morgan fingerprint density at radius 2 is 1.62 bits per heavy atom. The zero-order valence-corrected chi connectivity index (χ0v) is 20.3. The van der Waals surface area contributed by atoms with Crippen molar-refractivity contribution in [2.45, 2.75) is 81.0 Å². The molecule has 14 nitrogen and oxygen atoms in total. The largest absolute Gasteiger partial charge is 0.471 e. The maximum Gasteiger partial charge on any atom is 0.337 e. The molecule has 3 aliphatic heterocycles. The normalized spacial score (nSPS) is 45.9. The average Bonchev–Trinajstić information content (AvgIpc) is 3.34. The van der Waals surface area contributed by atoms with Gasteiger partial charge in [-0.3, -0.25) is 0 Å². The molecule has 0 aromatic heterocycles. The highest BCUT2D eigenvalue weighted by atomic mass is 16.8. The average molecular weight is 535 g/mol. The van der Waals surface area contributed by atoms with Crippen molar-refractivity contribution in [1.29, 1.82) is 0 Å². The zero-order valence-electron chi connectivity index (χ0n) is 20.3. The summed E-state index contributed by atoms with van der Waals surface area (Å²) in [5.41, 5.74) is 0.806. The number of methoxy groups -OCH3 is 1. The molecule has 37 heavy (non-hydrogen) atoms. The Morgan fingerprint density at radius 3 is 2.30 bits per heavy atom. The molecule has 14 heteroatoms. The highest BCUT2D eigenvalue weighted by Crippen LogP contribution is 2.44. The van der Waals surface area contributed by atoms with Crippen molar-refractivity contribution in [3.8, 4) is 0 Å². The summed E-state index contributed by atoms with van der Waals surface area (Å²) in [5.74, 6) is -1.62. The Hall–Kier alpha value is -1.69. The van der Waals surface area contributed by atoms with Crippen LogP contribution in [0.5, 0.6) is 0 Å². The molecule has 0 radical (unpaired) electrons. The molecule has 0 saturated carbocycles. The van der Waals surface area contributed by atoms with E-state index in [1.165, 1.54) is 20.3 Å². The fourth-order valence-electron chi connectivity index (χ4n) is 5.06. The monoisotopic (exact) mass is 534 g/mol. The third-order valence-corrected chi connectivity index (χ3v) is 7.29. The minimum atomic E-state index is -1.71. The number of carbonyl (C=O) groups is 1. The first kappa shape index (κ1) is 28.3. The number of aliphatic hydroxyl groups excluding tert-OH is 7. The number of carbonyl (C=O) groups excluding carboxylic acids is 1. The summed E-state index contributed by atoms with van der Waals surface area (Å²) in [4.78, 5) is 12.2.